The van der Waals surface area contributed by atoms with E-state index in [9.17, 15) is 0 Å². The monoisotopic (exact) mass is 238 g/mol. The average molecular weight is 238 g/mol. The van der Waals surface area contributed by atoms with Crippen molar-refractivity contribution in [2.24, 2.45) is 11.8 Å². The quantitative estimate of drug-likeness (QED) is 0.765. The number of nitrogens with zero attached hydrogens (tertiary/aromatic N) is 1. The Hall–Kier alpha value is -0.0800. The number of likely N-dealkylation sites (tertiary alicyclic amines) is 1. The van der Waals surface area contributed by atoms with Crippen LogP contribution in [-0.2, 0) is 0 Å². The van der Waals surface area contributed by atoms with Crippen LogP contribution in [0.3, 0.4) is 0 Å². The summed E-state index contributed by atoms with van der Waals surface area (Å²) in [6.07, 6.45) is 6.89. The van der Waals surface area contributed by atoms with Crippen molar-refractivity contribution in [2.75, 3.05) is 19.6 Å². The van der Waals surface area contributed by atoms with Crippen LogP contribution in [0.2, 0.25) is 0 Å². The molecule has 1 aliphatic carbocycles. The van der Waals surface area contributed by atoms with Crippen molar-refractivity contribution in [3.05, 3.63) is 0 Å². The highest BCUT2D eigenvalue weighted by Gasteiger charge is 2.28. The maximum atomic E-state index is 3.72. The maximum Gasteiger partial charge on any atom is 0.0220 e. The van der Waals surface area contributed by atoms with Crippen molar-refractivity contribution in [3.63, 3.8) is 0 Å². The second kappa shape index (κ2) is 6.19. The molecule has 1 saturated heterocycles. The normalized spacial score (nSPS) is 32.6. The highest BCUT2D eigenvalue weighted by Crippen LogP contribution is 2.25. The van der Waals surface area contributed by atoms with Crippen LogP contribution in [0.25, 0.3) is 0 Å². The van der Waals surface area contributed by atoms with Gasteiger partial charge in [-0.2, -0.15) is 0 Å². The molecule has 2 aliphatic rings. The third kappa shape index (κ3) is 3.96. The molecule has 1 aliphatic heterocycles. The van der Waals surface area contributed by atoms with Crippen molar-refractivity contribution in [1.29, 1.82) is 0 Å². The molecule has 1 heterocycles. The fourth-order valence-corrected chi connectivity index (χ4v) is 2.96. The van der Waals surface area contributed by atoms with Gasteiger partial charge in [0.1, 0.15) is 0 Å². The minimum absolute atomic E-state index is 0.788. The molecule has 3 unspecified atom stereocenters. The molecular formula is C15H30N2. The van der Waals surface area contributed by atoms with Crippen molar-refractivity contribution >= 4 is 0 Å². The SMILES string of the molecule is CCCC(CNC1CC1)N1CCC(C)C(C)C1. The first kappa shape index (κ1) is 13.4. The van der Waals surface area contributed by atoms with Gasteiger partial charge in [-0.05, 0) is 44.1 Å². The first-order chi connectivity index (χ1) is 8.20. The second-order valence-electron chi connectivity index (χ2n) is 6.36. The Balaban J connectivity index is 1.80. The summed E-state index contributed by atoms with van der Waals surface area (Å²) >= 11 is 0. The lowest BCUT2D eigenvalue weighted by Gasteiger charge is -2.40. The zero-order valence-corrected chi connectivity index (χ0v) is 11.9. The van der Waals surface area contributed by atoms with Gasteiger partial charge in [0, 0.05) is 25.2 Å². The van der Waals surface area contributed by atoms with Crippen molar-refractivity contribution < 1.29 is 0 Å². The Morgan fingerprint density at radius 1 is 1.18 bits per heavy atom. The van der Waals surface area contributed by atoms with Gasteiger partial charge < -0.3 is 5.32 Å². The number of piperidine rings is 1. The number of rotatable bonds is 6. The standard InChI is InChI=1S/C15H30N2/c1-4-5-15(10-16-14-6-7-14)17-9-8-12(2)13(3)11-17/h12-16H,4-11H2,1-3H3. The van der Waals surface area contributed by atoms with Gasteiger partial charge in [-0.1, -0.05) is 27.2 Å². The molecule has 0 bridgehead atoms. The molecule has 0 aromatic heterocycles. The van der Waals surface area contributed by atoms with Crippen molar-refractivity contribution in [3.8, 4) is 0 Å². The van der Waals surface area contributed by atoms with Gasteiger partial charge in [0.05, 0.1) is 0 Å². The van der Waals surface area contributed by atoms with Gasteiger partial charge in [-0.25, -0.2) is 0 Å². The lowest BCUT2D eigenvalue weighted by molar-refractivity contribution is 0.0896. The lowest BCUT2D eigenvalue weighted by Crippen LogP contribution is -2.48. The van der Waals surface area contributed by atoms with E-state index in [0.717, 1.165) is 23.9 Å². The number of nitrogens with one attached hydrogen (secondary N) is 1. The minimum Gasteiger partial charge on any atom is -0.312 e. The third-order valence-electron chi connectivity index (χ3n) is 4.72. The van der Waals surface area contributed by atoms with Crippen LogP contribution >= 0.6 is 0 Å². The number of hydrogen-bond donors (Lipinski definition) is 1. The summed E-state index contributed by atoms with van der Waals surface area (Å²) in [5, 5.41) is 3.72. The Bertz CT molecular complexity index is 225. The summed E-state index contributed by atoms with van der Waals surface area (Å²) in [6, 6.07) is 1.64. The molecule has 0 aromatic carbocycles. The summed E-state index contributed by atoms with van der Waals surface area (Å²) in [4.78, 5) is 2.75. The molecule has 2 fully saturated rings. The molecule has 0 radical (unpaired) electrons. The van der Waals surface area contributed by atoms with E-state index in [1.54, 1.807) is 0 Å². The zero-order chi connectivity index (χ0) is 12.3. The van der Waals surface area contributed by atoms with Gasteiger partial charge in [-0.15, -0.1) is 0 Å². The first-order valence-corrected chi connectivity index (χ1v) is 7.68. The van der Waals surface area contributed by atoms with Crippen LogP contribution in [0, 0.1) is 11.8 Å². The molecule has 17 heavy (non-hydrogen) atoms. The zero-order valence-electron chi connectivity index (χ0n) is 11.9. The van der Waals surface area contributed by atoms with Crippen LogP contribution in [0.1, 0.15) is 52.9 Å². The van der Waals surface area contributed by atoms with E-state index in [0.29, 0.717) is 0 Å². The van der Waals surface area contributed by atoms with E-state index in [1.807, 2.05) is 0 Å². The Kier molecular flexibility index (Phi) is 4.87. The van der Waals surface area contributed by atoms with Gasteiger partial charge in [0.15, 0.2) is 0 Å². The van der Waals surface area contributed by atoms with Crippen LogP contribution < -0.4 is 5.32 Å². The van der Waals surface area contributed by atoms with Gasteiger partial charge in [-0.3, -0.25) is 4.90 Å². The predicted molar refractivity (Wildman–Crippen MR) is 74.2 cm³/mol. The minimum atomic E-state index is 0.788. The summed E-state index contributed by atoms with van der Waals surface area (Å²) in [7, 11) is 0. The second-order valence-corrected chi connectivity index (χ2v) is 6.36. The van der Waals surface area contributed by atoms with E-state index in [4.69, 9.17) is 0 Å². The topological polar surface area (TPSA) is 15.3 Å². The molecule has 2 heteroatoms. The van der Waals surface area contributed by atoms with E-state index in [2.05, 4.69) is 31.0 Å². The molecule has 0 spiro atoms. The summed E-state index contributed by atoms with van der Waals surface area (Å²) in [5.74, 6) is 1.80. The largest absolute Gasteiger partial charge is 0.312 e. The molecule has 0 aromatic rings. The molecular weight excluding hydrogens is 208 g/mol. The van der Waals surface area contributed by atoms with Gasteiger partial charge >= 0.3 is 0 Å². The van der Waals surface area contributed by atoms with E-state index >= 15 is 0 Å². The van der Waals surface area contributed by atoms with Gasteiger partial charge in [0.25, 0.3) is 0 Å². The third-order valence-corrected chi connectivity index (χ3v) is 4.72. The smallest absolute Gasteiger partial charge is 0.0220 e. The van der Waals surface area contributed by atoms with E-state index in [1.165, 1.54) is 51.7 Å². The number of hydrogen-bond acceptors (Lipinski definition) is 2. The van der Waals surface area contributed by atoms with Crippen molar-refractivity contribution in [2.45, 2.75) is 65.0 Å². The fourth-order valence-electron chi connectivity index (χ4n) is 2.96. The first-order valence-electron chi connectivity index (χ1n) is 7.68. The Labute approximate surface area is 107 Å². The van der Waals surface area contributed by atoms with Crippen LogP contribution in [0.5, 0.6) is 0 Å². The van der Waals surface area contributed by atoms with Crippen LogP contribution in [-0.4, -0.2) is 36.6 Å². The Morgan fingerprint density at radius 2 is 1.94 bits per heavy atom. The highest BCUT2D eigenvalue weighted by atomic mass is 15.2. The van der Waals surface area contributed by atoms with E-state index < -0.39 is 0 Å². The summed E-state index contributed by atoms with van der Waals surface area (Å²) < 4.78 is 0. The molecule has 100 valence electrons. The molecule has 3 atom stereocenters. The lowest BCUT2D eigenvalue weighted by atomic mass is 9.87. The van der Waals surface area contributed by atoms with E-state index in [-0.39, 0.29) is 0 Å². The molecule has 0 amide bonds. The maximum absolute atomic E-state index is 3.72. The van der Waals surface area contributed by atoms with Crippen LogP contribution in [0.15, 0.2) is 0 Å². The van der Waals surface area contributed by atoms with Gasteiger partial charge in [0.2, 0.25) is 0 Å². The summed E-state index contributed by atoms with van der Waals surface area (Å²) in [6.45, 7) is 11.0. The Morgan fingerprint density at radius 3 is 2.53 bits per heavy atom. The van der Waals surface area contributed by atoms with Crippen LogP contribution in [0.4, 0.5) is 0 Å². The highest BCUT2D eigenvalue weighted by molar-refractivity contribution is 4.86. The summed E-state index contributed by atoms with van der Waals surface area (Å²) in [5.41, 5.74) is 0. The molecule has 1 saturated carbocycles. The molecule has 1 N–H and O–H groups in total. The molecule has 2 rings (SSSR count). The molecule has 2 nitrogen and oxygen atoms in total. The average Bonchev–Trinajstić information content (AvgIpc) is 3.12. The predicted octanol–water partition coefficient (Wildman–Crippen LogP) is 2.89. The van der Waals surface area contributed by atoms with Crippen molar-refractivity contribution in [1.82, 2.24) is 10.2 Å². The fraction of sp³-hybridized carbons (Fsp3) is 1.00.